The van der Waals surface area contributed by atoms with Gasteiger partial charge in [0.2, 0.25) is 11.6 Å². The molecule has 2 rings (SSSR count). The van der Waals surface area contributed by atoms with Gasteiger partial charge in [-0.2, -0.15) is 0 Å². The minimum Gasteiger partial charge on any atom is -0.439 e. The Morgan fingerprint density at radius 3 is 2.45 bits per heavy atom. The van der Waals surface area contributed by atoms with Gasteiger partial charge in [-0.3, -0.25) is 14.4 Å². The van der Waals surface area contributed by atoms with E-state index in [1.54, 1.807) is 32.1 Å². The first-order valence-electron chi connectivity index (χ1n) is 14.2. The molecule has 1 aliphatic heterocycles. The summed E-state index contributed by atoms with van der Waals surface area (Å²) in [5.41, 5.74) is 6.59. The van der Waals surface area contributed by atoms with Crippen LogP contribution in [-0.2, 0) is 28.6 Å². The van der Waals surface area contributed by atoms with Gasteiger partial charge in [-0.15, -0.1) is 0 Å². The summed E-state index contributed by atoms with van der Waals surface area (Å²) in [6.45, 7) is 9.47. The number of Topliss-reactive ketones (excluding diaryl/α,β-unsaturated/α-hetero) is 1. The number of carbonyl (C=O) groups excluding carboxylic acids is 4. The molecule has 2 aliphatic rings. The number of aliphatic hydroxyl groups is 1. The molecule has 2 bridgehead atoms. The van der Waals surface area contributed by atoms with Crippen molar-refractivity contribution in [1.82, 2.24) is 10.6 Å². The third-order valence-corrected chi connectivity index (χ3v) is 7.35. The summed E-state index contributed by atoms with van der Waals surface area (Å²) in [5.74, 6) is -2.01. The van der Waals surface area contributed by atoms with Crippen LogP contribution in [0.3, 0.4) is 0 Å². The van der Waals surface area contributed by atoms with E-state index in [1.807, 2.05) is 20.8 Å². The minimum absolute atomic E-state index is 0.106. The van der Waals surface area contributed by atoms with Crippen molar-refractivity contribution in [1.29, 1.82) is 0 Å². The molecule has 6 atom stereocenters. The summed E-state index contributed by atoms with van der Waals surface area (Å²) in [6.07, 6.45) is 4.69. The average Bonchev–Trinajstić information content (AvgIpc) is 2.94. The maximum atomic E-state index is 13.6. The van der Waals surface area contributed by atoms with Gasteiger partial charge in [0.05, 0.1) is 23.6 Å². The number of carbonyl (C=O) groups is 4. The van der Waals surface area contributed by atoms with Gasteiger partial charge in [0.25, 0.3) is 5.91 Å². The van der Waals surface area contributed by atoms with Crippen LogP contribution in [0.25, 0.3) is 0 Å². The molecule has 0 aromatic heterocycles. The maximum absolute atomic E-state index is 13.6. The van der Waals surface area contributed by atoms with E-state index >= 15 is 0 Å². The van der Waals surface area contributed by atoms with E-state index < -0.39 is 53.9 Å². The first-order chi connectivity index (χ1) is 19.8. The Kier molecular flexibility index (Phi) is 13.4. The molecule has 0 saturated heterocycles. The number of fused-ring (bicyclic) bond motifs is 2. The number of allylic oxidation sites excluding steroid dienone is 4. The standard InChI is InChI=1S/C31H45N3O8/c1-8-12-33-26-21-13-17(2)14-25(41-7)27(36)19(4)15-20(5)29(42-31(32)39)24(40-6)11-9-10-18(3)30(38)34-22(28(21)37)16-23(26)35/h9-11,15-17,19,24-25,27,29,33,36H,8,12-14H2,1-7H3,(H2,32,39)(H,34,38)/b11-9-,18-10+,20-15+/t17-,19+,24+,25+,27-,29+/m1/s1. The Morgan fingerprint density at radius 2 is 1.86 bits per heavy atom. The molecule has 5 N–H and O–H groups in total. The Balaban J connectivity index is 2.61. The Hall–Kier alpha value is -3.54. The van der Waals surface area contributed by atoms with Crippen LogP contribution in [-0.4, -0.2) is 73.9 Å². The van der Waals surface area contributed by atoms with Crippen LogP contribution in [0, 0.1) is 11.8 Å². The Bertz CT molecular complexity index is 1180. The molecule has 1 heterocycles. The summed E-state index contributed by atoms with van der Waals surface area (Å²) in [7, 11) is 2.94. The van der Waals surface area contributed by atoms with Crippen LogP contribution >= 0.6 is 0 Å². The second kappa shape index (κ2) is 16.2. The predicted molar refractivity (Wildman–Crippen MR) is 158 cm³/mol. The molecule has 232 valence electrons. The molecule has 11 nitrogen and oxygen atoms in total. The van der Waals surface area contributed by atoms with E-state index in [1.165, 1.54) is 20.3 Å². The molecular formula is C31H45N3O8. The lowest BCUT2D eigenvalue weighted by Crippen LogP contribution is -2.38. The lowest BCUT2D eigenvalue weighted by molar-refractivity contribution is -0.120. The number of amides is 2. The highest BCUT2D eigenvalue weighted by Gasteiger charge is 2.33. The highest BCUT2D eigenvalue weighted by molar-refractivity contribution is 6.23. The van der Waals surface area contributed by atoms with Gasteiger partial charge in [0, 0.05) is 43.9 Å². The molecule has 0 radical (unpaired) electrons. The van der Waals surface area contributed by atoms with E-state index in [9.17, 15) is 24.3 Å². The maximum Gasteiger partial charge on any atom is 0.405 e. The van der Waals surface area contributed by atoms with Crippen molar-refractivity contribution in [3.8, 4) is 0 Å². The fourth-order valence-corrected chi connectivity index (χ4v) is 5.03. The van der Waals surface area contributed by atoms with Crippen LogP contribution in [0.5, 0.6) is 0 Å². The average molecular weight is 588 g/mol. The fourth-order valence-electron chi connectivity index (χ4n) is 5.03. The first kappa shape index (κ1) is 34.7. The number of ether oxygens (including phenoxy) is 3. The van der Waals surface area contributed by atoms with E-state index in [2.05, 4.69) is 10.6 Å². The first-order valence-corrected chi connectivity index (χ1v) is 14.2. The SMILES string of the molecule is CCCNC1=C2C[C@@H](C)C[C@H](OC)[C@H](O)[C@@H](C)/C=C(\C)[C@H](OC(N)=O)[C@@H](OC)/C=C\C=C(/C)C(=O)NC(=CC1=O)C2=O. The highest BCUT2D eigenvalue weighted by atomic mass is 16.6. The van der Waals surface area contributed by atoms with E-state index in [4.69, 9.17) is 19.9 Å². The summed E-state index contributed by atoms with van der Waals surface area (Å²) in [4.78, 5) is 51.4. The van der Waals surface area contributed by atoms with Gasteiger partial charge in [-0.1, -0.05) is 45.1 Å². The van der Waals surface area contributed by atoms with Crippen molar-refractivity contribution in [2.24, 2.45) is 17.6 Å². The molecule has 0 saturated carbocycles. The van der Waals surface area contributed by atoms with Crippen molar-refractivity contribution < 1.29 is 38.5 Å². The Labute approximate surface area is 247 Å². The largest absolute Gasteiger partial charge is 0.439 e. The summed E-state index contributed by atoms with van der Waals surface area (Å²) >= 11 is 0. The number of primary amides is 1. The van der Waals surface area contributed by atoms with Crippen LogP contribution in [0.1, 0.15) is 53.9 Å². The van der Waals surface area contributed by atoms with Gasteiger partial charge in [0.1, 0.15) is 6.10 Å². The molecule has 0 unspecified atom stereocenters. The third-order valence-electron chi connectivity index (χ3n) is 7.35. The number of hydrogen-bond acceptors (Lipinski definition) is 9. The summed E-state index contributed by atoms with van der Waals surface area (Å²) < 4.78 is 16.6. The number of rotatable bonds is 6. The van der Waals surface area contributed by atoms with E-state index in [-0.39, 0.29) is 34.9 Å². The van der Waals surface area contributed by atoms with Crippen LogP contribution in [0.2, 0.25) is 0 Å². The molecule has 0 fully saturated rings. The van der Waals surface area contributed by atoms with Crippen molar-refractivity contribution in [3.63, 3.8) is 0 Å². The zero-order valence-corrected chi connectivity index (χ0v) is 25.6. The number of hydrogen-bond donors (Lipinski definition) is 4. The monoisotopic (exact) mass is 587 g/mol. The van der Waals surface area contributed by atoms with E-state index in [0.717, 1.165) is 12.5 Å². The van der Waals surface area contributed by atoms with Crippen molar-refractivity contribution in [2.75, 3.05) is 20.8 Å². The molecule has 0 aromatic carbocycles. The molecule has 42 heavy (non-hydrogen) atoms. The highest BCUT2D eigenvalue weighted by Crippen LogP contribution is 2.28. The van der Waals surface area contributed by atoms with Crippen LogP contribution in [0.15, 0.2) is 58.5 Å². The molecule has 0 aromatic rings. The quantitative estimate of drug-likeness (QED) is 0.270. The second-order valence-electron chi connectivity index (χ2n) is 10.9. The van der Waals surface area contributed by atoms with Crippen LogP contribution in [0.4, 0.5) is 4.79 Å². The summed E-state index contributed by atoms with van der Waals surface area (Å²) in [6, 6.07) is 0. The number of aliphatic hydroxyl groups excluding tert-OH is 1. The number of methoxy groups -OCH3 is 2. The summed E-state index contributed by atoms with van der Waals surface area (Å²) in [5, 5.41) is 16.9. The lowest BCUT2D eigenvalue weighted by atomic mass is 9.85. The van der Waals surface area contributed by atoms with Gasteiger partial charge in [-0.05, 0) is 44.6 Å². The van der Waals surface area contributed by atoms with Gasteiger partial charge in [-0.25, -0.2) is 4.79 Å². The normalized spacial score (nSPS) is 31.7. The minimum atomic E-state index is -0.995. The zero-order chi connectivity index (χ0) is 31.6. The van der Waals surface area contributed by atoms with Crippen LogP contribution < -0.4 is 16.4 Å². The molecule has 11 heteroatoms. The number of ketones is 2. The van der Waals surface area contributed by atoms with Gasteiger partial charge in [0.15, 0.2) is 6.10 Å². The Morgan fingerprint density at radius 1 is 1.17 bits per heavy atom. The third kappa shape index (κ3) is 9.23. The number of nitrogens with one attached hydrogen (secondary N) is 2. The van der Waals surface area contributed by atoms with Crippen molar-refractivity contribution in [3.05, 3.63) is 58.5 Å². The van der Waals surface area contributed by atoms with Gasteiger partial charge >= 0.3 is 6.09 Å². The molecule has 2 amide bonds. The van der Waals surface area contributed by atoms with E-state index in [0.29, 0.717) is 18.5 Å². The smallest absolute Gasteiger partial charge is 0.405 e. The number of nitrogens with two attached hydrogens (primary N) is 1. The van der Waals surface area contributed by atoms with Crippen molar-refractivity contribution in [2.45, 2.75) is 78.3 Å². The molecular weight excluding hydrogens is 542 g/mol. The topological polar surface area (TPSA) is 166 Å². The van der Waals surface area contributed by atoms with Gasteiger partial charge < -0.3 is 35.7 Å². The zero-order valence-electron chi connectivity index (χ0n) is 25.6. The second-order valence-corrected chi connectivity index (χ2v) is 10.9. The lowest BCUT2D eigenvalue weighted by Gasteiger charge is -2.30. The molecule has 0 spiro atoms. The fraction of sp³-hybridized carbons (Fsp3) is 0.548. The van der Waals surface area contributed by atoms with Crippen molar-refractivity contribution >= 4 is 23.6 Å². The molecule has 1 aliphatic carbocycles. The predicted octanol–water partition coefficient (Wildman–Crippen LogP) is 2.76.